The molecule has 2 rings (SSSR count). The summed E-state index contributed by atoms with van der Waals surface area (Å²) in [5.74, 6) is 0. The summed E-state index contributed by atoms with van der Waals surface area (Å²) in [4.78, 5) is 4.15. The van der Waals surface area contributed by atoms with E-state index in [4.69, 9.17) is 5.73 Å². The third kappa shape index (κ3) is 3.14. The molecular formula is C14H15BrN2. The lowest BCUT2D eigenvalue weighted by atomic mass is 9.97. The molecule has 0 aliphatic heterocycles. The van der Waals surface area contributed by atoms with Gasteiger partial charge >= 0.3 is 0 Å². The van der Waals surface area contributed by atoms with Crippen molar-refractivity contribution in [2.75, 3.05) is 0 Å². The van der Waals surface area contributed by atoms with Crippen molar-refractivity contribution in [1.82, 2.24) is 4.98 Å². The highest BCUT2D eigenvalue weighted by Gasteiger charge is 2.09. The maximum atomic E-state index is 6.23. The van der Waals surface area contributed by atoms with E-state index in [1.807, 2.05) is 18.3 Å². The zero-order valence-electron chi connectivity index (χ0n) is 9.73. The number of nitrogens with two attached hydrogens (primary N) is 1. The topological polar surface area (TPSA) is 38.9 Å². The quantitative estimate of drug-likeness (QED) is 0.941. The second-order valence-corrected chi connectivity index (χ2v) is 5.09. The number of halogens is 1. The van der Waals surface area contributed by atoms with Crippen molar-refractivity contribution in [3.8, 4) is 0 Å². The van der Waals surface area contributed by atoms with Gasteiger partial charge in [0.25, 0.3) is 0 Å². The number of rotatable bonds is 3. The van der Waals surface area contributed by atoms with Gasteiger partial charge in [-0.2, -0.15) is 0 Å². The van der Waals surface area contributed by atoms with Crippen LogP contribution in [0.2, 0.25) is 0 Å². The summed E-state index contributed by atoms with van der Waals surface area (Å²) < 4.78 is 0.993. The molecule has 2 N–H and O–H groups in total. The first kappa shape index (κ1) is 12.3. The molecule has 0 bridgehead atoms. The Hall–Kier alpha value is -1.19. The molecule has 1 heterocycles. The summed E-state index contributed by atoms with van der Waals surface area (Å²) in [6.45, 7) is 2.09. The number of pyridine rings is 1. The smallest absolute Gasteiger partial charge is 0.0410 e. The van der Waals surface area contributed by atoms with Gasteiger partial charge in [0.2, 0.25) is 0 Å². The predicted molar refractivity (Wildman–Crippen MR) is 73.7 cm³/mol. The third-order valence-corrected chi connectivity index (χ3v) is 3.24. The molecular weight excluding hydrogens is 276 g/mol. The molecule has 3 heteroatoms. The molecule has 0 aliphatic carbocycles. The van der Waals surface area contributed by atoms with Crippen LogP contribution in [0.25, 0.3) is 0 Å². The van der Waals surface area contributed by atoms with E-state index in [0.29, 0.717) is 0 Å². The number of aromatic nitrogens is 1. The second-order valence-electron chi connectivity index (χ2n) is 4.18. The maximum absolute atomic E-state index is 6.23. The van der Waals surface area contributed by atoms with Crippen LogP contribution in [-0.4, -0.2) is 4.98 Å². The van der Waals surface area contributed by atoms with Gasteiger partial charge in [0, 0.05) is 22.9 Å². The minimum Gasteiger partial charge on any atom is -0.324 e. The molecule has 1 aromatic heterocycles. The molecule has 0 spiro atoms. The Morgan fingerprint density at radius 1 is 1.29 bits per heavy atom. The zero-order valence-corrected chi connectivity index (χ0v) is 11.3. The van der Waals surface area contributed by atoms with E-state index in [-0.39, 0.29) is 6.04 Å². The zero-order chi connectivity index (χ0) is 12.3. The van der Waals surface area contributed by atoms with Gasteiger partial charge in [0.05, 0.1) is 0 Å². The number of nitrogens with zero attached hydrogens (tertiary/aromatic N) is 1. The molecule has 1 atom stereocenters. The van der Waals surface area contributed by atoms with Crippen LogP contribution in [0, 0.1) is 6.92 Å². The molecule has 0 fully saturated rings. The molecule has 2 nitrogen and oxygen atoms in total. The van der Waals surface area contributed by atoms with E-state index in [9.17, 15) is 0 Å². The number of hydrogen-bond donors (Lipinski definition) is 1. The largest absolute Gasteiger partial charge is 0.324 e. The molecule has 17 heavy (non-hydrogen) atoms. The van der Waals surface area contributed by atoms with Gasteiger partial charge in [-0.15, -0.1) is 0 Å². The van der Waals surface area contributed by atoms with E-state index in [2.05, 4.69) is 46.0 Å². The van der Waals surface area contributed by atoms with Crippen LogP contribution in [0.1, 0.15) is 22.7 Å². The molecule has 0 aliphatic rings. The van der Waals surface area contributed by atoms with Gasteiger partial charge in [-0.1, -0.05) is 24.3 Å². The Morgan fingerprint density at radius 3 is 2.76 bits per heavy atom. The fourth-order valence-electron chi connectivity index (χ4n) is 1.93. The maximum Gasteiger partial charge on any atom is 0.0410 e. The molecule has 2 aromatic rings. The first-order valence-electron chi connectivity index (χ1n) is 5.57. The van der Waals surface area contributed by atoms with Crippen molar-refractivity contribution in [3.05, 3.63) is 63.9 Å². The highest BCUT2D eigenvalue weighted by molar-refractivity contribution is 9.10. The lowest BCUT2D eigenvalue weighted by molar-refractivity contribution is 0.714. The van der Waals surface area contributed by atoms with Gasteiger partial charge in [-0.05, 0) is 52.0 Å². The van der Waals surface area contributed by atoms with E-state index in [0.717, 1.165) is 16.5 Å². The van der Waals surface area contributed by atoms with Gasteiger partial charge in [-0.3, -0.25) is 4.98 Å². The van der Waals surface area contributed by atoms with Crippen LogP contribution in [0.3, 0.4) is 0 Å². The Labute approximate surface area is 110 Å². The van der Waals surface area contributed by atoms with E-state index >= 15 is 0 Å². The Balaban J connectivity index is 2.17. The molecule has 1 aromatic carbocycles. The van der Waals surface area contributed by atoms with E-state index in [1.54, 1.807) is 6.20 Å². The van der Waals surface area contributed by atoms with Crippen LogP contribution in [0.15, 0.2) is 47.2 Å². The van der Waals surface area contributed by atoms with Gasteiger partial charge in [0.1, 0.15) is 0 Å². The third-order valence-electron chi connectivity index (χ3n) is 2.81. The molecule has 0 amide bonds. The molecule has 0 saturated heterocycles. The first-order chi connectivity index (χ1) is 8.16. The normalized spacial score (nSPS) is 12.4. The van der Waals surface area contributed by atoms with Crippen LogP contribution >= 0.6 is 15.9 Å². The lowest BCUT2D eigenvalue weighted by Crippen LogP contribution is -2.14. The average Bonchev–Trinajstić information content (AvgIpc) is 2.29. The van der Waals surface area contributed by atoms with Crippen LogP contribution in [0.4, 0.5) is 0 Å². The first-order valence-corrected chi connectivity index (χ1v) is 6.36. The highest BCUT2D eigenvalue weighted by Crippen LogP contribution is 2.20. The Kier molecular flexibility index (Phi) is 3.92. The molecule has 88 valence electrons. The lowest BCUT2D eigenvalue weighted by Gasteiger charge is -2.14. The van der Waals surface area contributed by atoms with E-state index in [1.165, 1.54) is 11.1 Å². The number of aryl methyl sites for hydroxylation is 1. The SMILES string of the molecule is Cc1ccccc1C(N)Cc1cncc(Br)c1. The summed E-state index contributed by atoms with van der Waals surface area (Å²) in [5.41, 5.74) is 9.82. The Morgan fingerprint density at radius 2 is 2.06 bits per heavy atom. The number of benzene rings is 1. The van der Waals surface area contributed by atoms with Crippen molar-refractivity contribution in [2.45, 2.75) is 19.4 Å². The van der Waals surface area contributed by atoms with Crippen LogP contribution < -0.4 is 5.73 Å². The summed E-state index contributed by atoms with van der Waals surface area (Å²) in [6.07, 6.45) is 4.45. The monoisotopic (exact) mass is 290 g/mol. The van der Waals surface area contributed by atoms with Crippen molar-refractivity contribution in [1.29, 1.82) is 0 Å². The second kappa shape index (κ2) is 5.43. The molecule has 0 saturated carbocycles. The fraction of sp³-hybridized carbons (Fsp3) is 0.214. The summed E-state index contributed by atoms with van der Waals surface area (Å²) in [5, 5.41) is 0. The minimum absolute atomic E-state index is 0.0206. The Bertz CT molecular complexity index is 511. The summed E-state index contributed by atoms with van der Waals surface area (Å²) in [6, 6.07) is 10.3. The van der Waals surface area contributed by atoms with Crippen molar-refractivity contribution in [3.63, 3.8) is 0 Å². The summed E-state index contributed by atoms with van der Waals surface area (Å²) in [7, 11) is 0. The van der Waals surface area contributed by atoms with E-state index < -0.39 is 0 Å². The minimum atomic E-state index is 0.0206. The van der Waals surface area contributed by atoms with Crippen molar-refractivity contribution < 1.29 is 0 Å². The van der Waals surface area contributed by atoms with Crippen LogP contribution in [-0.2, 0) is 6.42 Å². The van der Waals surface area contributed by atoms with Crippen molar-refractivity contribution in [2.24, 2.45) is 5.73 Å². The van der Waals surface area contributed by atoms with Crippen LogP contribution in [0.5, 0.6) is 0 Å². The molecule has 0 radical (unpaired) electrons. The van der Waals surface area contributed by atoms with Gasteiger partial charge in [0.15, 0.2) is 0 Å². The van der Waals surface area contributed by atoms with Gasteiger partial charge in [-0.25, -0.2) is 0 Å². The molecule has 1 unspecified atom stereocenters. The average molecular weight is 291 g/mol. The van der Waals surface area contributed by atoms with Gasteiger partial charge < -0.3 is 5.73 Å². The predicted octanol–water partition coefficient (Wildman–Crippen LogP) is 3.40. The summed E-state index contributed by atoms with van der Waals surface area (Å²) >= 11 is 3.42. The van der Waals surface area contributed by atoms with Crippen molar-refractivity contribution >= 4 is 15.9 Å². The highest BCUT2D eigenvalue weighted by atomic mass is 79.9. The number of hydrogen-bond acceptors (Lipinski definition) is 2. The standard InChI is InChI=1S/C14H15BrN2/c1-10-4-2-3-5-13(10)14(16)7-11-6-12(15)9-17-8-11/h2-6,8-9,14H,7,16H2,1H3. The fourth-order valence-corrected chi connectivity index (χ4v) is 2.35.